The van der Waals surface area contributed by atoms with Gasteiger partial charge >= 0.3 is 0 Å². The third kappa shape index (κ3) is 6.28. The van der Waals surface area contributed by atoms with Crippen LogP contribution < -0.4 is 10.0 Å². The molecule has 8 heteroatoms. The van der Waals surface area contributed by atoms with E-state index in [1.807, 2.05) is 12.1 Å². The summed E-state index contributed by atoms with van der Waals surface area (Å²) in [6.45, 7) is 6.38. The van der Waals surface area contributed by atoms with Crippen LogP contribution in [0.3, 0.4) is 0 Å². The Balaban J connectivity index is 1.63. The van der Waals surface area contributed by atoms with Crippen LogP contribution in [0.5, 0.6) is 0 Å². The number of anilines is 1. The zero-order valence-electron chi connectivity index (χ0n) is 16.8. The van der Waals surface area contributed by atoms with E-state index in [0.29, 0.717) is 23.4 Å². The first-order valence-corrected chi connectivity index (χ1v) is 11.4. The molecule has 156 valence electrons. The minimum atomic E-state index is -3.41. The van der Waals surface area contributed by atoms with Crippen molar-refractivity contribution in [2.24, 2.45) is 0 Å². The molecule has 7 nitrogen and oxygen atoms in total. The summed E-state index contributed by atoms with van der Waals surface area (Å²) in [7, 11) is -3.41. The number of rotatable bonds is 7. The fourth-order valence-electron chi connectivity index (χ4n) is 3.32. The second kappa shape index (κ2) is 9.39. The van der Waals surface area contributed by atoms with E-state index < -0.39 is 10.0 Å². The van der Waals surface area contributed by atoms with Crippen LogP contribution in [0.4, 0.5) is 5.69 Å². The van der Waals surface area contributed by atoms with E-state index in [4.69, 9.17) is 4.74 Å². The van der Waals surface area contributed by atoms with Gasteiger partial charge in [0.1, 0.15) is 0 Å². The summed E-state index contributed by atoms with van der Waals surface area (Å²) in [6, 6.07) is 13.2. The molecule has 1 aliphatic heterocycles. The highest BCUT2D eigenvalue weighted by Gasteiger charge is 2.14. The molecule has 0 unspecified atom stereocenters. The Morgan fingerprint density at radius 3 is 2.52 bits per heavy atom. The number of hydrogen-bond acceptors (Lipinski definition) is 5. The lowest BCUT2D eigenvalue weighted by Crippen LogP contribution is -2.35. The van der Waals surface area contributed by atoms with Crippen molar-refractivity contribution in [1.29, 1.82) is 0 Å². The van der Waals surface area contributed by atoms with E-state index in [1.165, 1.54) is 5.56 Å². The molecule has 2 N–H and O–H groups in total. The van der Waals surface area contributed by atoms with Crippen molar-refractivity contribution in [3.8, 4) is 0 Å². The van der Waals surface area contributed by atoms with Crippen LogP contribution in [0, 0.1) is 6.92 Å². The normalized spacial score (nSPS) is 15.1. The molecule has 1 aliphatic rings. The number of carbonyl (C=O) groups is 1. The van der Waals surface area contributed by atoms with Crippen LogP contribution in [0.25, 0.3) is 0 Å². The highest BCUT2D eigenvalue weighted by molar-refractivity contribution is 7.92. The predicted molar refractivity (Wildman–Crippen MR) is 113 cm³/mol. The highest BCUT2D eigenvalue weighted by atomic mass is 32.2. The van der Waals surface area contributed by atoms with Crippen molar-refractivity contribution >= 4 is 21.6 Å². The van der Waals surface area contributed by atoms with Crippen LogP contribution in [0.15, 0.2) is 42.5 Å². The summed E-state index contributed by atoms with van der Waals surface area (Å²) in [5.74, 6) is -0.238. The molecule has 1 amide bonds. The number of nitrogens with zero attached hydrogens (tertiary/aromatic N) is 1. The zero-order valence-corrected chi connectivity index (χ0v) is 17.6. The van der Waals surface area contributed by atoms with Gasteiger partial charge in [0.15, 0.2) is 0 Å². The molecule has 1 saturated heterocycles. The Labute approximate surface area is 172 Å². The van der Waals surface area contributed by atoms with Crippen molar-refractivity contribution in [3.05, 3.63) is 64.7 Å². The zero-order chi connectivity index (χ0) is 20.9. The molecule has 0 saturated carbocycles. The summed E-state index contributed by atoms with van der Waals surface area (Å²) in [6.07, 6.45) is 1.09. The minimum absolute atomic E-state index is 0.238. The van der Waals surface area contributed by atoms with Crippen molar-refractivity contribution in [2.75, 3.05) is 37.3 Å². The number of carbonyl (C=O) groups excluding carboxylic acids is 1. The van der Waals surface area contributed by atoms with Crippen LogP contribution in [-0.2, 0) is 27.8 Å². The molecule has 0 atom stereocenters. The Hall–Kier alpha value is -2.42. The maximum atomic E-state index is 12.6. The quantitative estimate of drug-likeness (QED) is 0.721. The summed E-state index contributed by atoms with van der Waals surface area (Å²) in [4.78, 5) is 15.0. The lowest BCUT2D eigenvalue weighted by atomic mass is 10.1. The Morgan fingerprint density at radius 2 is 1.79 bits per heavy atom. The SMILES string of the molecule is Cc1c(NS(C)(=O)=O)cccc1C(=O)NCc1cccc(CN2CCOCC2)c1. The second-order valence-corrected chi connectivity index (χ2v) is 8.99. The molecule has 2 aromatic carbocycles. The second-order valence-electron chi connectivity index (χ2n) is 7.24. The van der Waals surface area contributed by atoms with Gasteiger partial charge in [-0.3, -0.25) is 14.4 Å². The van der Waals surface area contributed by atoms with Gasteiger partial charge in [-0.05, 0) is 35.7 Å². The smallest absolute Gasteiger partial charge is 0.251 e. The Kier molecular flexibility index (Phi) is 6.89. The third-order valence-electron chi connectivity index (χ3n) is 4.83. The van der Waals surface area contributed by atoms with E-state index in [-0.39, 0.29) is 5.91 Å². The third-order valence-corrected chi connectivity index (χ3v) is 5.42. The van der Waals surface area contributed by atoms with Gasteiger partial charge in [-0.25, -0.2) is 8.42 Å². The molecule has 0 bridgehead atoms. The first kappa shape index (κ1) is 21.3. The first-order valence-electron chi connectivity index (χ1n) is 9.55. The average Bonchev–Trinajstić information content (AvgIpc) is 2.68. The van der Waals surface area contributed by atoms with Crippen LogP contribution >= 0.6 is 0 Å². The van der Waals surface area contributed by atoms with Gasteiger partial charge in [0.25, 0.3) is 5.91 Å². The highest BCUT2D eigenvalue weighted by Crippen LogP contribution is 2.20. The maximum absolute atomic E-state index is 12.6. The van der Waals surface area contributed by atoms with E-state index in [1.54, 1.807) is 25.1 Å². The fraction of sp³-hybridized carbons (Fsp3) is 0.381. The van der Waals surface area contributed by atoms with Crippen LogP contribution in [0.1, 0.15) is 27.0 Å². The average molecular weight is 418 g/mol. The van der Waals surface area contributed by atoms with Gasteiger partial charge < -0.3 is 10.1 Å². The van der Waals surface area contributed by atoms with Crippen molar-refractivity contribution in [3.63, 3.8) is 0 Å². The standard InChI is InChI=1S/C21H27N3O4S/c1-16-19(7-4-8-20(16)23-29(2,26)27)21(25)22-14-17-5-3-6-18(13-17)15-24-9-11-28-12-10-24/h3-8,13,23H,9-12,14-15H2,1-2H3,(H,22,25). The topological polar surface area (TPSA) is 87.7 Å². The van der Waals surface area contributed by atoms with Crippen LogP contribution in [0.2, 0.25) is 0 Å². The fourth-order valence-corrected chi connectivity index (χ4v) is 3.95. The van der Waals surface area contributed by atoms with Gasteiger partial charge in [0, 0.05) is 31.7 Å². The number of benzene rings is 2. The number of nitrogens with one attached hydrogen (secondary N) is 2. The van der Waals surface area contributed by atoms with Gasteiger partial charge in [0.05, 0.1) is 25.2 Å². The van der Waals surface area contributed by atoms with E-state index in [2.05, 4.69) is 27.1 Å². The summed E-state index contributed by atoms with van der Waals surface area (Å²) in [5.41, 5.74) is 3.67. The van der Waals surface area contributed by atoms with Gasteiger partial charge in [-0.15, -0.1) is 0 Å². The monoisotopic (exact) mass is 417 g/mol. The van der Waals surface area contributed by atoms with Crippen molar-refractivity contribution in [2.45, 2.75) is 20.0 Å². The molecular weight excluding hydrogens is 390 g/mol. The van der Waals surface area contributed by atoms with E-state index in [9.17, 15) is 13.2 Å². The van der Waals surface area contributed by atoms with Crippen molar-refractivity contribution in [1.82, 2.24) is 10.2 Å². The molecule has 0 aromatic heterocycles. The largest absolute Gasteiger partial charge is 0.379 e. The molecule has 1 fully saturated rings. The number of hydrogen-bond donors (Lipinski definition) is 2. The minimum Gasteiger partial charge on any atom is -0.379 e. The lowest BCUT2D eigenvalue weighted by Gasteiger charge is -2.26. The molecule has 29 heavy (non-hydrogen) atoms. The molecule has 2 aromatic rings. The molecule has 0 aliphatic carbocycles. The first-order chi connectivity index (χ1) is 13.8. The summed E-state index contributed by atoms with van der Waals surface area (Å²) >= 11 is 0. The molecule has 1 heterocycles. The molecule has 0 spiro atoms. The van der Waals surface area contributed by atoms with Gasteiger partial charge in [0.2, 0.25) is 10.0 Å². The number of amides is 1. The Morgan fingerprint density at radius 1 is 1.10 bits per heavy atom. The lowest BCUT2D eigenvalue weighted by molar-refractivity contribution is 0.0342. The number of sulfonamides is 1. The van der Waals surface area contributed by atoms with Gasteiger partial charge in [-0.2, -0.15) is 0 Å². The van der Waals surface area contributed by atoms with Crippen molar-refractivity contribution < 1.29 is 17.9 Å². The van der Waals surface area contributed by atoms with Gasteiger partial charge in [-0.1, -0.05) is 30.3 Å². The molecular formula is C21H27N3O4S. The summed E-state index contributed by atoms with van der Waals surface area (Å²) in [5, 5.41) is 2.93. The molecule has 3 rings (SSSR count). The van der Waals surface area contributed by atoms with Crippen LogP contribution in [-0.4, -0.2) is 51.8 Å². The van der Waals surface area contributed by atoms with E-state index in [0.717, 1.165) is 44.7 Å². The van der Waals surface area contributed by atoms with E-state index >= 15 is 0 Å². The summed E-state index contributed by atoms with van der Waals surface area (Å²) < 4.78 is 30.8. The predicted octanol–water partition coefficient (Wildman–Crippen LogP) is 2.13. The molecule has 0 radical (unpaired) electrons. The number of morpholine rings is 1. The Bertz CT molecular complexity index is 970. The maximum Gasteiger partial charge on any atom is 0.251 e. The number of ether oxygens (including phenoxy) is 1.